The molecule has 1 N–H and O–H groups in total. The second-order valence-electron chi connectivity index (χ2n) is 4.93. The zero-order chi connectivity index (χ0) is 18.6. The van der Waals surface area contributed by atoms with Gasteiger partial charge in [-0.2, -0.15) is 0 Å². The third-order valence-corrected chi connectivity index (χ3v) is 5.75. The summed E-state index contributed by atoms with van der Waals surface area (Å²) < 4.78 is 27.3. The fourth-order valence-electron chi connectivity index (χ4n) is 2.11. The Labute approximate surface area is 152 Å². The van der Waals surface area contributed by atoms with Gasteiger partial charge in [-0.25, -0.2) is 8.42 Å². The van der Waals surface area contributed by atoms with Gasteiger partial charge in [-0.3, -0.25) is 19.2 Å². The fraction of sp³-hybridized carbons (Fsp3) is 0.133. The maximum Gasteiger partial charge on any atom is 0.305 e. The van der Waals surface area contributed by atoms with Gasteiger partial charge < -0.3 is 5.11 Å². The first-order valence-electron chi connectivity index (χ1n) is 6.97. The standard InChI is InChI=1S/C15H13BrN2O6S/c16-13-6-1-2-7-14(13)17(9-8-15(19)20)25(23,24)12-5-3-4-11(10-12)18(21)22/h1-7,10H,8-9H2,(H,19,20). The number of rotatable bonds is 7. The van der Waals surface area contributed by atoms with Crippen LogP contribution in [0.1, 0.15) is 6.42 Å². The van der Waals surface area contributed by atoms with E-state index in [0.29, 0.717) is 4.47 Å². The van der Waals surface area contributed by atoms with Crippen molar-refractivity contribution in [3.8, 4) is 0 Å². The molecule has 0 atom stereocenters. The number of aliphatic carboxylic acids is 1. The van der Waals surface area contributed by atoms with Crippen molar-refractivity contribution in [1.29, 1.82) is 0 Å². The Balaban J connectivity index is 2.55. The molecule has 0 aliphatic rings. The van der Waals surface area contributed by atoms with Crippen LogP contribution in [0.25, 0.3) is 0 Å². The Bertz CT molecular complexity index is 916. The summed E-state index contributed by atoms with van der Waals surface area (Å²) in [7, 11) is -4.19. The first-order valence-corrected chi connectivity index (χ1v) is 9.20. The first-order chi connectivity index (χ1) is 11.7. The molecule has 0 heterocycles. The van der Waals surface area contributed by atoms with Crippen molar-refractivity contribution in [3.05, 3.63) is 63.1 Å². The minimum Gasteiger partial charge on any atom is -0.481 e. The van der Waals surface area contributed by atoms with Crippen LogP contribution in [0, 0.1) is 10.1 Å². The minimum absolute atomic E-state index is 0.246. The number of hydrogen-bond donors (Lipinski definition) is 1. The number of halogens is 1. The summed E-state index contributed by atoms with van der Waals surface area (Å²) in [6.07, 6.45) is -0.421. The zero-order valence-electron chi connectivity index (χ0n) is 12.7. The van der Waals surface area contributed by atoms with E-state index >= 15 is 0 Å². The van der Waals surface area contributed by atoms with E-state index in [9.17, 15) is 23.3 Å². The molecule has 0 radical (unpaired) electrons. The number of carbonyl (C=O) groups is 1. The Morgan fingerprint density at radius 1 is 1.20 bits per heavy atom. The van der Waals surface area contributed by atoms with Gasteiger partial charge >= 0.3 is 5.97 Å². The molecule has 2 aromatic carbocycles. The Morgan fingerprint density at radius 3 is 2.48 bits per heavy atom. The van der Waals surface area contributed by atoms with Gasteiger partial charge in [0, 0.05) is 23.2 Å². The number of para-hydroxylation sites is 1. The number of nitrogens with zero attached hydrogens (tertiary/aromatic N) is 2. The van der Waals surface area contributed by atoms with Gasteiger partial charge in [0.15, 0.2) is 0 Å². The molecule has 10 heteroatoms. The van der Waals surface area contributed by atoms with Crippen LogP contribution in [0.15, 0.2) is 57.9 Å². The molecular weight excluding hydrogens is 416 g/mol. The molecule has 0 spiro atoms. The number of non-ortho nitro benzene ring substituents is 1. The molecule has 0 saturated heterocycles. The second-order valence-corrected chi connectivity index (χ2v) is 7.64. The summed E-state index contributed by atoms with van der Waals surface area (Å²) in [5.41, 5.74) is -0.123. The van der Waals surface area contributed by atoms with Gasteiger partial charge in [0.1, 0.15) is 0 Å². The van der Waals surface area contributed by atoms with Crippen LogP contribution < -0.4 is 4.31 Å². The first kappa shape index (κ1) is 18.9. The number of benzene rings is 2. The van der Waals surface area contributed by atoms with E-state index in [4.69, 9.17) is 5.11 Å². The summed E-state index contributed by atoms with van der Waals surface area (Å²) in [4.78, 5) is 20.8. The van der Waals surface area contributed by atoms with Crippen LogP contribution in [0.4, 0.5) is 11.4 Å². The monoisotopic (exact) mass is 428 g/mol. The predicted octanol–water partition coefficient (Wildman–Crippen LogP) is 3.03. The van der Waals surface area contributed by atoms with Gasteiger partial charge in [0.25, 0.3) is 15.7 Å². The molecule has 2 rings (SSSR count). The molecule has 132 valence electrons. The molecule has 0 saturated carbocycles. The molecule has 2 aromatic rings. The molecular formula is C15H13BrN2O6S. The summed E-state index contributed by atoms with van der Waals surface area (Å²) >= 11 is 3.24. The van der Waals surface area contributed by atoms with E-state index in [1.165, 1.54) is 24.3 Å². The number of hydrogen-bond acceptors (Lipinski definition) is 5. The Kier molecular flexibility index (Phi) is 5.75. The van der Waals surface area contributed by atoms with Crippen LogP contribution in [0.3, 0.4) is 0 Å². The van der Waals surface area contributed by atoms with Crippen molar-refractivity contribution in [2.45, 2.75) is 11.3 Å². The number of carboxylic acid groups (broad SMARTS) is 1. The Morgan fingerprint density at radius 2 is 1.88 bits per heavy atom. The molecule has 0 aliphatic carbocycles. The largest absolute Gasteiger partial charge is 0.481 e. The van der Waals surface area contributed by atoms with Crippen molar-refractivity contribution in [2.24, 2.45) is 0 Å². The van der Waals surface area contributed by atoms with Crippen LogP contribution >= 0.6 is 15.9 Å². The highest BCUT2D eigenvalue weighted by atomic mass is 79.9. The lowest BCUT2D eigenvalue weighted by atomic mass is 10.3. The highest BCUT2D eigenvalue weighted by Gasteiger charge is 2.28. The van der Waals surface area contributed by atoms with Crippen molar-refractivity contribution in [3.63, 3.8) is 0 Å². The average molecular weight is 429 g/mol. The highest BCUT2D eigenvalue weighted by molar-refractivity contribution is 9.10. The zero-order valence-corrected chi connectivity index (χ0v) is 15.1. The number of anilines is 1. The maximum atomic E-state index is 13.0. The van der Waals surface area contributed by atoms with Crippen molar-refractivity contribution in [2.75, 3.05) is 10.8 Å². The lowest BCUT2D eigenvalue weighted by Gasteiger charge is -2.25. The van der Waals surface area contributed by atoms with Gasteiger partial charge in [-0.05, 0) is 34.1 Å². The summed E-state index contributed by atoms with van der Waals surface area (Å²) in [6.45, 7) is -0.316. The number of nitro benzene ring substituents is 1. The smallest absolute Gasteiger partial charge is 0.305 e. The molecule has 25 heavy (non-hydrogen) atoms. The van der Waals surface area contributed by atoms with Crippen molar-refractivity contribution < 1.29 is 23.2 Å². The van der Waals surface area contributed by atoms with Crippen LogP contribution in [0.2, 0.25) is 0 Å². The quantitative estimate of drug-likeness (QED) is 0.534. The van der Waals surface area contributed by atoms with Crippen molar-refractivity contribution in [1.82, 2.24) is 0 Å². The molecule has 8 nitrogen and oxygen atoms in total. The van der Waals surface area contributed by atoms with E-state index in [1.807, 2.05) is 0 Å². The topological polar surface area (TPSA) is 118 Å². The Hall–Kier alpha value is -2.46. The molecule has 0 aliphatic heterocycles. The third-order valence-electron chi connectivity index (χ3n) is 3.27. The normalized spacial score (nSPS) is 11.1. The minimum atomic E-state index is -4.19. The van der Waals surface area contributed by atoms with E-state index in [2.05, 4.69) is 15.9 Å². The SMILES string of the molecule is O=C(O)CCN(c1ccccc1Br)S(=O)(=O)c1cccc([N+](=O)[O-])c1. The predicted molar refractivity (Wildman–Crippen MR) is 94.0 cm³/mol. The number of sulfonamides is 1. The molecule has 0 unspecified atom stereocenters. The second kappa shape index (κ2) is 7.62. The lowest BCUT2D eigenvalue weighted by Crippen LogP contribution is -2.33. The molecule has 0 bridgehead atoms. The number of nitro groups is 1. The molecule has 0 amide bonds. The fourth-order valence-corrected chi connectivity index (χ4v) is 4.25. The summed E-state index contributed by atoms with van der Waals surface area (Å²) in [6, 6.07) is 11.0. The van der Waals surface area contributed by atoms with Gasteiger partial charge in [-0.1, -0.05) is 18.2 Å². The van der Waals surface area contributed by atoms with Crippen molar-refractivity contribution >= 4 is 43.3 Å². The van der Waals surface area contributed by atoms with Crippen LogP contribution in [-0.2, 0) is 14.8 Å². The van der Waals surface area contributed by atoms with E-state index in [1.54, 1.807) is 18.2 Å². The van der Waals surface area contributed by atoms with Gasteiger partial charge in [-0.15, -0.1) is 0 Å². The van der Waals surface area contributed by atoms with E-state index in [-0.39, 0.29) is 22.8 Å². The summed E-state index contributed by atoms with van der Waals surface area (Å²) in [5, 5.41) is 19.8. The third kappa shape index (κ3) is 4.34. The van der Waals surface area contributed by atoms with Gasteiger partial charge in [0.2, 0.25) is 0 Å². The van der Waals surface area contributed by atoms with Crippen LogP contribution in [0.5, 0.6) is 0 Å². The van der Waals surface area contributed by atoms with E-state index in [0.717, 1.165) is 10.4 Å². The summed E-state index contributed by atoms with van der Waals surface area (Å²) in [5.74, 6) is -1.16. The van der Waals surface area contributed by atoms with Crippen LogP contribution in [-0.4, -0.2) is 31.0 Å². The van der Waals surface area contributed by atoms with E-state index < -0.39 is 27.3 Å². The number of carboxylic acids is 1. The van der Waals surface area contributed by atoms with Gasteiger partial charge in [0.05, 0.1) is 21.9 Å². The average Bonchev–Trinajstić information content (AvgIpc) is 2.56. The molecule has 0 aromatic heterocycles. The molecule has 0 fully saturated rings. The maximum absolute atomic E-state index is 13.0. The highest BCUT2D eigenvalue weighted by Crippen LogP contribution is 2.31. The lowest BCUT2D eigenvalue weighted by molar-refractivity contribution is -0.385.